The van der Waals surface area contributed by atoms with Gasteiger partial charge >= 0.3 is 0 Å². The van der Waals surface area contributed by atoms with E-state index in [1.54, 1.807) is 0 Å². The first-order chi connectivity index (χ1) is 12.0. The van der Waals surface area contributed by atoms with Gasteiger partial charge in [0.05, 0.1) is 12.6 Å². The molecule has 1 aromatic heterocycles. The minimum atomic E-state index is 0.0373. The molecule has 0 radical (unpaired) electrons. The number of anilines is 2. The van der Waals surface area contributed by atoms with Gasteiger partial charge in [-0.25, -0.2) is 4.98 Å². The topological polar surface area (TPSA) is 61.4 Å². The van der Waals surface area contributed by atoms with E-state index in [2.05, 4.69) is 39.2 Å². The van der Waals surface area contributed by atoms with Crippen molar-refractivity contribution in [2.75, 3.05) is 37.0 Å². The van der Waals surface area contributed by atoms with Crippen LogP contribution in [-0.4, -0.2) is 49.1 Å². The number of carbonyl (C=O) groups excluding carboxylic acids is 1. The number of aromatic nitrogens is 2. The average molecular weight is 339 g/mol. The molecule has 2 aromatic rings. The molecule has 0 aliphatic carbocycles. The highest BCUT2D eigenvalue weighted by Gasteiger charge is 2.26. The molecule has 1 aliphatic rings. The Labute approximate surface area is 148 Å². The summed E-state index contributed by atoms with van der Waals surface area (Å²) in [4.78, 5) is 25.3. The largest absolute Gasteiger partial charge is 0.350 e. The molecule has 0 spiro atoms. The van der Waals surface area contributed by atoms with Gasteiger partial charge in [-0.2, -0.15) is 4.98 Å². The molecule has 1 N–H and O–H groups in total. The first-order valence-corrected chi connectivity index (χ1v) is 8.68. The molecule has 1 aromatic carbocycles. The Hall–Kier alpha value is -2.63. The number of rotatable bonds is 5. The van der Waals surface area contributed by atoms with E-state index in [0.29, 0.717) is 12.5 Å². The summed E-state index contributed by atoms with van der Waals surface area (Å²) in [5.41, 5.74) is 2.21. The summed E-state index contributed by atoms with van der Waals surface area (Å²) in [6.07, 6.45) is 1.65. The number of benzene rings is 1. The van der Waals surface area contributed by atoms with Crippen molar-refractivity contribution in [1.29, 1.82) is 0 Å². The summed E-state index contributed by atoms with van der Waals surface area (Å²) in [6, 6.07) is 12.3. The third-order valence-corrected chi connectivity index (χ3v) is 4.31. The molecular weight excluding hydrogens is 314 g/mol. The molecule has 3 rings (SSSR count). The van der Waals surface area contributed by atoms with E-state index in [1.165, 1.54) is 5.56 Å². The number of aryl methyl sites for hydroxylation is 1. The standard InChI is InChI=1S/C19H25N5O/c1-4-15-11-17(22-19(21-15)23(2)3)24-12-16(20-18(25)13-24)10-14-8-6-5-7-9-14/h5-9,11,16H,4,10,12-13H2,1-3H3,(H,20,25)/t16-/m0/s1. The third kappa shape index (κ3) is 4.26. The lowest BCUT2D eigenvalue weighted by molar-refractivity contribution is -0.121. The van der Waals surface area contributed by atoms with Crippen LogP contribution in [0.15, 0.2) is 36.4 Å². The van der Waals surface area contributed by atoms with Crippen molar-refractivity contribution >= 4 is 17.7 Å². The number of piperazine rings is 1. The van der Waals surface area contributed by atoms with Crippen LogP contribution in [0.3, 0.4) is 0 Å². The normalized spacial score (nSPS) is 17.3. The maximum atomic E-state index is 12.2. The minimum Gasteiger partial charge on any atom is -0.350 e. The van der Waals surface area contributed by atoms with E-state index in [0.717, 1.165) is 30.9 Å². The summed E-state index contributed by atoms with van der Waals surface area (Å²) in [7, 11) is 3.86. The van der Waals surface area contributed by atoms with Crippen molar-refractivity contribution in [3.63, 3.8) is 0 Å². The second-order valence-electron chi connectivity index (χ2n) is 6.60. The second kappa shape index (κ2) is 7.51. The van der Waals surface area contributed by atoms with E-state index < -0.39 is 0 Å². The smallest absolute Gasteiger partial charge is 0.239 e. The number of amides is 1. The molecule has 2 heterocycles. The van der Waals surface area contributed by atoms with Crippen LogP contribution >= 0.6 is 0 Å². The van der Waals surface area contributed by atoms with Crippen LogP contribution in [0, 0.1) is 0 Å². The third-order valence-electron chi connectivity index (χ3n) is 4.31. The van der Waals surface area contributed by atoms with E-state index >= 15 is 0 Å². The quantitative estimate of drug-likeness (QED) is 0.898. The van der Waals surface area contributed by atoms with E-state index in [-0.39, 0.29) is 11.9 Å². The highest BCUT2D eigenvalue weighted by atomic mass is 16.2. The zero-order valence-corrected chi connectivity index (χ0v) is 15.1. The van der Waals surface area contributed by atoms with Crippen molar-refractivity contribution < 1.29 is 4.79 Å². The Kier molecular flexibility index (Phi) is 5.16. The van der Waals surface area contributed by atoms with Gasteiger partial charge in [0.1, 0.15) is 5.82 Å². The molecule has 1 amide bonds. The van der Waals surface area contributed by atoms with Crippen LogP contribution in [0.25, 0.3) is 0 Å². The van der Waals surface area contributed by atoms with Gasteiger partial charge in [0.2, 0.25) is 11.9 Å². The lowest BCUT2D eigenvalue weighted by Crippen LogP contribution is -2.55. The van der Waals surface area contributed by atoms with Crippen molar-refractivity contribution in [2.45, 2.75) is 25.8 Å². The Morgan fingerprint density at radius 2 is 2.00 bits per heavy atom. The van der Waals surface area contributed by atoms with E-state index in [1.807, 2.05) is 43.3 Å². The second-order valence-corrected chi connectivity index (χ2v) is 6.60. The van der Waals surface area contributed by atoms with Crippen LogP contribution in [0.4, 0.5) is 11.8 Å². The molecule has 25 heavy (non-hydrogen) atoms. The van der Waals surface area contributed by atoms with Crippen LogP contribution < -0.4 is 15.1 Å². The Morgan fingerprint density at radius 3 is 2.68 bits per heavy atom. The number of nitrogens with one attached hydrogen (secondary N) is 1. The van der Waals surface area contributed by atoms with Gasteiger partial charge in [0, 0.05) is 32.4 Å². The van der Waals surface area contributed by atoms with Gasteiger partial charge in [0.15, 0.2) is 0 Å². The van der Waals surface area contributed by atoms with E-state index in [9.17, 15) is 4.79 Å². The Morgan fingerprint density at radius 1 is 1.24 bits per heavy atom. The first kappa shape index (κ1) is 17.2. The van der Waals surface area contributed by atoms with Crippen LogP contribution in [0.5, 0.6) is 0 Å². The van der Waals surface area contributed by atoms with Crippen LogP contribution in [0.1, 0.15) is 18.2 Å². The molecule has 132 valence electrons. The SMILES string of the molecule is CCc1cc(N2CC(=O)N[C@@H](Cc3ccccc3)C2)nc(N(C)C)n1. The zero-order valence-electron chi connectivity index (χ0n) is 15.1. The summed E-state index contributed by atoms with van der Waals surface area (Å²) < 4.78 is 0. The fourth-order valence-corrected chi connectivity index (χ4v) is 3.02. The Bertz CT molecular complexity index is 732. The fourth-order valence-electron chi connectivity index (χ4n) is 3.02. The molecule has 6 heteroatoms. The molecule has 1 saturated heterocycles. The highest BCUT2D eigenvalue weighted by Crippen LogP contribution is 2.19. The average Bonchev–Trinajstić information content (AvgIpc) is 2.61. The van der Waals surface area contributed by atoms with Gasteiger partial charge in [-0.3, -0.25) is 4.79 Å². The fraction of sp³-hybridized carbons (Fsp3) is 0.421. The number of hydrogen-bond donors (Lipinski definition) is 1. The van der Waals surface area contributed by atoms with Crippen molar-refractivity contribution in [3.8, 4) is 0 Å². The van der Waals surface area contributed by atoms with Gasteiger partial charge in [-0.15, -0.1) is 0 Å². The predicted octanol–water partition coefficient (Wildman–Crippen LogP) is 1.65. The van der Waals surface area contributed by atoms with Crippen molar-refractivity contribution in [2.24, 2.45) is 0 Å². The van der Waals surface area contributed by atoms with Gasteiger partial charge in [-0.05, 0) is 18.4 Å². The van der Waals surface area contributed by atoms with E-state index in [4.69, 9.17) is 0 Å². The lowest BCUT2D eigenvalue weighted by atomic mass is 10.0. The number of carbonyl (C=O) groups is 1. The molecule has 0 bridgehead atoms. The molecular formula is C19H25N5O. The zero-order chi connectivity index (χ0) is 17.8. The maximum Gasteiger partial charge on any atom is 0.239 e. The summed E-state index contributed by atoms with van der Waals surface area (Å²) in [5.74, 6) is 1.54. The maximum absolute atomic E-state index is 12.2. The molecule has 1 aliphatic heterocycles. The minimum absolute atomic E-state index is 0.0373. The summed E-state index contributed by atoms with van der Waals surface area (Å²) >= 11 is 0. The van der Waals surface area contributed by atoms with Crippen LogP contribution in [0.2, 0.25) is 0 Å². The monoisotopic (exact) mass is 339 g/mol. The predicted molar refractivity (Wildman–Crippen MR) is 100 cm³/mol. The number of hydrogen-bond acceptors (Lipinski definition) is 5. The molecule has 0 unspecified atom stereocenters. The van der Waals surface area contributed by atoms with Gasteiger partial charge in [-0.1, -0.05) is 37.3 Å². The highest BCUT2D eigenvalue weighted by molar-refractivity contribution is 5.82. The van der Waals surface area contributed by atoms with Crippen LogP contribution in [-0.2, 0) is 17.6 Å². The first-order valence-electron chi connectivity index (χ1n) is 8.68. The Balaban J connectivity index is 1.81. The molecule has 0 saturated carbocycles. The van der Waals surface area contributed by atoms with Gasteiger partial charge < -0.3 is 15.1 Å². The van der Waals surface area contributed by atoms with Crippen molar-refractivity contribution in [3.05, 3.63) is 47.7 Å². The van der Waals surface area contributed by atoms with Gasteiger partial charge in [0.25, 0.3) is 0 Å². The summed E-state index contributed by atoms with van der Waals surface area (Å²) in [5, 5.41) is 3.10. The summed E-state index contributed by atoms with van der Waals surface area (Å²) in [6.45, 7) is 3.15. The molecule has 1 atom stereocenters. The number of nitrogens with zero attached hydrogens (tertiary/aromatic N) is 4. The lowest BCUT2D eigenvalue weighted by Gasteiger charge is -2.34. The molecule has 6 nitrogen and oxygen atoms in total. The van der Waals surface area contributed by atoms with Crippen molar-refractivity contribution in [1.82, 2.24) is 15.3 Å². The molecule has 1 fully saturated rings.